The Hall–Kier alpha value is -2.71. The number of ether oxygens (including phenoxy) is 1. The molecule has 1 aliphatic carbocycles. The molecule has 2 aromatic rings. The van der Waals surface area contributed by atoms with Crippen molar-refractivity contribution in [1.82, 2.24) is 4.98 Å². The third-order valence-electron chi connectivity index (χ3n) is 5.24. The Bertz CT molecular complexity index is 1090. The largest absolute Gasteiger partial charge is 0.557 e. The van der Waals surface area contributed by atoms with Crippen LogP contribution in [0.15, 0.2) is 36.5 Å². The van der Waals surface area contributed by atoms with Gasteiger partial charge in [-0.3, -0.25) is 9.78 Å². The van der Waals surface area contributed by atoms with Gasteiger partial charge in [0.15, 0.2) is 5.91 Å². The molecule has 2 N–H and O–H groups in total. The number of hydrogen-bond acceptors (Lipinski definition) is 4. The molecule has 0 atom stereocenters. The summed E-state index contributed by atoms with van der Waals surface area (Å²) in [6.07, 6.45) is 0.667. The van der Waals surface area contributed by atoms with Crippen molar-refractivity contribution in [2.75, 3.05) is 11.9 Å². The minimum Gasteiger partial charge on any atom is -0.557 e. The molecule has 1 saturated carbocycles. The summed E-state index contributed by atoms with van der Waals surface area (Å²) in [6, 6.07) is 4.09. The van der Waals surface area contributed by atoms with Crippen LogP contribution in [-0.4, -0.2) is 35.7 Å². The summed E-state index contributed by atoms with van der Waals surface area (Å²) in [6.45, 7) is -1.04. The average molecular weight is 671 g/mol. The van der Waals surface area contributed by atoms with E-state index < -0.39 is 61.2 Å². The Kier molecular flexibility index (Phi) is 10.0. The Labute approximate surface area is 211 Å². The van der Waals surface area contributed by atoms with Crippen molar-refractivity contribution < 1.29 is 56.3 Å². The second kappa shape index (κ2) is 12.3. The minimum atomic E-state index is -2.82. The van der Waals surface area contributed by atoms with Crippen molar-refractivity contribution in [3.63, 3.8) is 0 Å². The number of halogens is 6. The molecule has 1 fully saturated rings. The fourth-order valence-electron chi connectivity index (χ4n) is 3.64. The second-order valence-corrected chi connectivity index (χ2v) is 7.68. The number of aromatic nitrogens is 1. The number of amides is 1. The van der Waals surface area contributed by atoms with E-state index in [0.717, 1.165) is 24.3 Å². The monoisotopic (exact) mass is 671 g/mol. The van der Waals surface area contributed by atoms with Crippen molar-refractivity contribution in [1.29, 1.82) is 5.41 Å². The first-order chi connectivity index (χ1) is 16.1. The van der Waals surface area contributed by atoms with Crippen molar-refractivity contribution in [2.45, 2.75) is 43.9 Å². The van der Waals surface area contributed by atoms with Crippen molar-refractivity contribution >= 4 is 17.5 Å². The number of rotatable bonds is 7. The smallest absolute Gasteiger partial charge is 0.269 e. The summed E-state index contributed by atoms with van der Waals surface area (Å²) in [5, 5.41) is 9.84. The minimum absolute atomic E-state index is 0. The summed E-state index contributed by atoms with van der Waals surface area (Å²) >= 11 is 0. The molecular weight excluding hydrogens is 650 g/mol. The molecule has 1 aliphatic rings. The number of pyridine rings is 1. The molecule has 1 aromatic heterocycles. The zero-order valence-corrected chi connectivity index (χ0v) is 20.8. The number of benzene rings is 1. The van der Waals surface area contributed by atoms with Gasteiger partial charge in [0, 0.05) is 62.4 Å². The van der Waals surface area contributed by atoms with Gasteiger partial charge in [0.25, 0.3) is 6.43 Å². The zero-order chi connectivity index (χ0) is 24.9. The van der Waals surface area contributed by atoms with Gasteiger partial charge in [-0.05, 0) is 37.1 Å². The molecule has 0 spiro atoms. The Balaban J connectivity index is 0.00000432. The summed E-state index contributed by atoms with van der Waals surface area (Å²) in [7, 11) is 0. The van der Waals surface area contributed by atoms with E-state index >= 15 is 0 Å². The van der Waals surface area contributed by atoms with Gasteiger partial charge in [-0.1, -0.05) is 0 Å². The standard InChI is InChI=1S/C23H20F6N3O2.Re/c24-14-1-2-17(25)16(11-14)15-7-10-31-21(13-5-8-23(28,29)9-6-13)22(15)32-20(33)4-3-19(30)34-12-18(26)27;/h1-3,7,10-11,13,18,30H,5-6,8-9,12H2,(H,32,33);/q-1;. The fraction of sp³-hybridized carbons (Fsp3) is 0.348. The van der Waals surface area contributed by atoms with Gasteiger partial charge < -0.3 is 15.5 Å². The van der Waals surface area contributed by atoms with Gasteiger partial charge in [0.05, 0.1) is 11.4 Å². The van der Waals surface area contributed by atoms with Gasteiger partial charge >= 0.3 is 0 Å². The number of hydrogen-bond donors (Lipinski definition) is 2. The van der Waals surface area contributed by atoms with Crippen LogP contribution in [0.2, 0.25) is 0 Å². The van der Waals surface area contributed by atoms with E-state index in [9.17, 15) is 31.1 Å². The van der Waals surface area contributed by atoms with Crippen LogP contribution in [0, 0.1) is 23.1 Å². The molecule has 1 radical (unpaired) electrons. The number of carbonyl (C=O) groups excluding carboxylic acids is 1. The van der Waals surface area contributed by atoms with Crippen molar-refractivity contribution in [3.8, 4) is 11.1 Å². The number of nitrogens with zero attached hydrogens (tertiary/aromatic N) is 1. The van der Waals surface area contributed by atoms with Crippen molar-refractivity contribution in [2.24, 2.45) is 0 Å². The maximum absolute atomic E-state index is 14.5. The van der Waals surface area contributed by atoms with Crippen LogP contribution in [-0.2, 0) is 30.0 Å². The molecule has 0 bridgehead atoms. The van der Waals surface area contributed by atoms with E-state index in [1.807, 2.05) is 0 Å². The Morgan fingerprint density at radius 3 is 2.57 bits per heavy atom. The first kappa shape index (κ1) is 28.5. The van der Waals surface area contributed by atoms with Crippen LogP contribution >= 0.6 is 0 Å². The number of nitrogens with one attached hydrogen (secondary N) is 2. The number of carbonyl (C=O) groups is 1. The first-order valence-electron chi connectivity index (χ1n) is 10.3. The third-order valence-corrected chi connectivity index (χ3v) is 5.24. The van der Waals surface area contributed by atoms with Crippen LogP contribution in [0.25, 0.3) is 11.1 Å². The predicted octanol–water partition coefficient (Wildman–Crippen LogP) is 5.87. The van der Waals surface area contributed by atoms with Crippen LogP contribution in [0.5, 0.6) is 0 Å². The van der Waals surface area contributed by atoms with Crippen LogP contribution in [0.4, 0.5) is 32.0 Å². The summed E-state index contributed by atoms with van der Waals surface area (Å²) in [4.78, 5) is 16.7. The third kappa shape index (κ3) is 7.90. The molecule has 0 aliphatic heterocycles. The zero-order valence-electron chi connectivity index (χ0n) is 18.1. The molecule has 0 unspecified atom stereocenters. The van der Waals surface area contributed by atoms with E-state index in [4.69, 9.17) is 5.41 Å². The maximum Gasteiger partial charge on any atom is 0.269 e. The normalized spacial score (nSPS) is 15.6. The molecule has 0 saturated heterocycles. The molecule has 189 valence electrons. The van der Waals surface area contributed by atoms with E-state index in [1.54, 1.807) is 0 Å². The molecule has 3 rings (SSSR count). The Morgan fingerprint density at radius 1 is 1.23 bits per heavy atom. The molecule has 1 heterocycles. The number of anilines is 1. The van der Waals surface area contributed by atoms with E-state index in [0.29, 0.717) is 0 Å². The predicted molar refractivity (Wildman–Crippen MR) is 112 cm³/mol. The quantitative estimate of drug-likeness (QED) is 0.127. The number of alkyl halides is 4. The Morgan fingerprint density at radius 2 is 1.91 bits per heavy atom. The maximum atomic E-state index is 14.5. The van der Waals surface area contributed by atoms with E-state index in [1.165, 1.54) is 12.3 Å². The SMILES string of the molecule is N=C(C=[C-]C(=O)Nc1c(-c2cc(F)ccc2F)ccnc1C1CCC(F)(F)CC1)OCC(F)F.[Re]. The van der Waals surface area contributed by atoms with Gasteiger partial charge in [0.1, 0.15) is 18.2 Å². The molecule has 5 nitrogen and oxygen atoms in total. The fourth-order valence-corrected chi connectivity index (χ4v) is 3.64. The van der Waals surface area contributed by atoms with E-state index in [-0.39, 0.29) is 55.8 Å². The van der Waals surface area contributed by atoms with E-state index in [2.05, 4.69) is 21.1 Å². The van der Waals surface area contributed by atoms with Gasteiger partial charge in [0.2, 0.25) is 5.92 Å². The summed E-state index contributed by atoms with van der Waals surface area (Å²) in [5.74, 6) is -6.53. The van der Waals surface area contributed by atoms with Crippen LogP contribution in [0.1, 0.15) is 37.3 Å². The molecular formula is C23H20F6N3O2Re-. The molecule has 12 heteroatoms. The summed E-state index contributed by atoms with van der Waals surface area (Å²) < 4.78 is 84.5. The molecule has 1 amide bonds. The first-order valence-corrected chi connectivity index (χ1v) is 10.3. The average Bonchev–Trinajstić information content (AvgIpc) is 2.78. The second-order valence-electron chi connectivity index (χ2n) is 7.68. The molecule has 35 heavy (non-hydrogen) atoms. The topological polar surface area (TPSA) is 75.1 Å². The van der Waals surface area contributed by atoms with Crippen LogP contribution in [0.3, 0.4) is 0 Å². The summed E-state index contributed by atoms with van der Waals surface area (Å²) in [5.41, 5.74) is 0.0829. The van der Waals surface area contributed by atoms with Gasteiger partial charge in [-0.2, -0.15) is 12.2 Å². The van der Waals surface area contributed by atoms with Gasteiger partial charge in [-0.15, -0.1) is 0 Å². The van der Waals surface area contributed by atoms with Gasteiger partial charge in [-0.25, -0.2) is 26.3 Å². The van der Waals surface area contributed by atoms with Crippen LogP contribution < -0.4 is 5.32 Å². The van der Waals surface area contributed by atoms with Crippen molar-refractivity contribution in [3.05, 3.63) is 59.9 Å². The molecule has 1 aromatic carbocycles.